The van der Waals surface area contributed by atoms with Gasteiger partial charge in [-0.15, -0.1) is 0 Å². The quantitative estimate of drug-likeness (QED) is 0.520. The number of phenols is 1. The average Bonchev–Trinajstić information content (AvgIpc) is 2.99. The number of carboxylic acids is 1. The zero-order valence-corrected chi connectivity index (χ0v) is 15.5. The molecule has 1 aliphatic carbocycles. The molecule has 2 N–H and O–H groups in total. The van der Waals surface area contributed by atoms with Crippen molar-refractivity contribution in [2.45, 2.75) is 13.8 Å². The molecule has 0 saturated heterocycles. The number of ketones is 3. The van der Waals surface area contributed by atoms with Crippen LogP contribution in [0.5, 0.6) is 5.75 Å². The molecule has 0 fully saturated rings. The minimum absolute atomic E-state index is 0.00519. The lowest BCUT2D eigenvalue weighted by Gasteiger charge is -2.16. The van der Waals surface area contributed by atoms with Crippen molar-refractivity contribution in [2.24, 2.45) is 0 Å². The van der Waals surface area contributed by atoms with E-state index in [0.29, 0.717) is 0 Å². The molecular formula is C22H15NO6. The van der Waals surface area contributed by atoms with Gasteiger partial charge in [0.15, 0.2) is 17.3 Å². The fourth-order valence-electron chi connectivity index (χ4n) is 3.90. The van der Waals surface area contributed by atoms with E-state index in [2.05, 4.69) is 0 Å². The van der Waals surface area contributed by atoms with Crippen LogP contribution in [0.2, 0.25) is 0 Å². The number of fused-ring (bicyclic) bond motifs is 2. The summed E-state index contributed by atoms with van der Waals surface area (Å²) in [4.78, 5) is 50.7. The SMILES string of the molecule is CC(=O)c1c2c(c(C)n1-c1ccccc1C(=O)O)C(=O)c1c(O)cccc1C2=O. The smallest absolute Gasteiger partial charge is 0.337 e. The molecule has 0 aliphatic heterocycles. The molecule has 3 aromatic rings. The van der Waals surface area contributed by atoms with Gasteiger partial charge in [-0.3, -0.25) is 14.4 Å². The van der Waals surface area contributed by atoms with Crippen molar-refractivity contribution in [3.63, 3.8) is 0 Å². The molecule has 4 rings (SSSR count). The lowest BCUT2D eigenvalue weighted by Crippen LogP contribution is -2.22. The summed E-state index contributed by atoms with van der Waals surface area (Å²) in [5.74, 6) is -3.17. The Morgan fingerprint density at radius 2 is 1.59 bits per heavy atom. The number of carboxylic acid groups (broad SMARTS) is 1. The fourth-order valence-corrected chi connectivity index (χ4v) is 3.90. The summed E-state index contributed by atoms with van der Waals surface area (Å²) in [7, 11) is 0. The Kier molecular flexibility index (Phi) is 3.97. The lowest BCUT2D eigenvalue weighted by atomic mass is 9.83. The van der Waals surface area contributed by atoms with E-state index in [1.165, 1.54) is 41.8 Å². The van der Waals surface area contributed by atoms with Gasteiger partial charge < -0.3 is 14.8 Å². The van der Waals surface area contributed by atoms with Crippen molar-refractivity contribution in [1.82, 2.24) is 4.57 Å². The maximum Gasteiger partial charge on any atom is 0.337 e. The summed E-state index contributed by atoms with van der Waals surface area (Å²) in [5, 5.41) is 19.7. The van der Waals surface area contributed by atoms with E-state index in [1.54, 1.807) is 19.1 Å². The highest BCUT2D eigenvalue weighted by atomic mass is 16.4. The zero-order chi connectivity index (χ0) is 21.0. The fraction of sp³-hybridized carbons (Fsp3) is 0.0909. The number of phenolic OH excluding ortho intramolecular Hbond substituents is 1. The van der Waals surface area contributed by atoms with E-state index < -0.39 is 23.3 Å². The van der Waals surface area contributed by atoms with E-state index in [0.717, 1.165) is 0 Å². The highest BCUT2D eigenvalue weighted by molar-refractivity contribution is 6.32. The van der Waals surface area contributed by atoms with Crippen LogP contribution in [0.3, 0.4) is 0 Å². The highest BCUT2D eigenvalue weighted by Crippen LogP contribution is 2.38. The number of aromatic nitrogens is 1. The first kappa shape index (κ1) is 18.4. The molecule has 7 nitrogen and oxygen atoms in total. The van der Waals surface area contributed by atoms with E-state index in [-0.39, 0.29) is 50.6 Å². The van der Waals surface area contributed by atoms with Crippen LogP contribution in [0.4, 0.5) is 0 Å². The summed E-state index contributed by atoms with van der Waals surface area (Å²) in [5.41, 5.74) is 0.106. The van der Waals surface area contributed by atoms with E-state index in [9.17, 15) is 29.4 Å². The molecule has 0 amide bonds. The lowest BCUT2D eigenvalue weighted by molar-refractivity contribution is 0.0696. The number of rotatable bonds is 3. The van der Waals surface area contributed by atoms with Gasteiger partial charge in [-0.25, -0.2) is 4.79 Å². The normalized spacial score (nSPS) is 12.5. The molecule has 1 aromatic heterocycles. The Morgan fingerprint density at radius 3 is 2.24 bits per heavy atom. The van der Waals surface area contributed by atoms with Crippen LogP contribution >= 0.6 is 0 Å². The maximum atomic E-state index is 13.2. The van der Waals surface area contributed by atoms with Gasteiger partial charge in [0.05, 0.1) is 27.9 Å². The van der Waals surface area contributed by atoms with Gasteiger partial charge >= 0.3 is 5.97 Å². The molecule has 0 saturated carbocycles. The van der Waals surface area contributed by atoms with Crippen molar-refractivity contribution in [3.8, 4) is 11.4 Å². The number of carbonyl (C=O) groups excluding carboxylic acids is 3. The van der Waals surface area contributed by atoms with Crippen LogP contribution in [0, 0.1) is 6.92 Å². The Bertz CT molecular complexity index is 1260. The largest absolute Gasteiger partial charge is 0.507 e. The number of aromatic hydroxyl groups is 1. The number of para-hydroxylation sites is 1. The zero-order valence-electron chi connectivity index (χ0n) is 15.5. The Hall–Kier alpha value is -4.00. The Balaban J connectivity index is 2.14. The van der Waals surface area contributed by atoms with Gasteiger partial charge in [0.1, 0.15) is 11.4 Å². The molecule has 0 unspecified atom stereocenters. The van der Waals surface area contributed by atoms with Crippen molar-refractivity contribution in [2.75, 3.05) is 0 Å². The van der Waals surface area contributed by atoms with E-state index >= 15 is 0 Å². The van der Waals surface area contributed by atoms with Gasteiger partial charge in [0.25, 0.3) is 0 Å². The molecule has 29 heavy (non-hydrogen) atoms. The minimum Gasteiger partial charge on any atom is -0.507 e. The molecule has 0 bridgehead atoms. The standard InChI is InChI=1S/C22H15NO6/c1-10-16-18(20(26)13-7-5-9-15(25)17(13)21(16)27)19(11(2)24)23(10)14-8-4-3-6-12(14)22(28)29/h3-9,25H,1-2H3,(H,28,29). The third-order valence-electron chi connectivity index (χ3n) is 5.08. The second-order valence-corrected chi connectivity index (χ2v) is 6.76. The summed E-state index contributed by atoms with van der Waals surface area (Å²) in [6.07, 6.45) is 0. The summed E-state index contributed by atoms with van der Waals surface area (Å²) in [6.45, 7) is 2.80. The third kappa shape index (κ3) is 2.44. The van der Waals surface area contributed by atoms with Gasteiger partial charge in [0.2, 0.25) is 0 Å². The first-order chi connectivity index (χ1) is 13.8. The van der Waals surface area contributed by atoms with Crippen LogP contribution in [0.25, 0.3) is 5.69 Å². The van der Waals surface area contributed by atoms with Crippen LogP contribution < -0.4 is 0 Å². The minimum atomic E-state index is -1.21. The Labute approximate surface area is 164 Å². The van der Waals surface area contributed by atoms with Gasteiger partial charge in [-0.05, 0) is 25.1 Å². The van der Waals surface area contributed by atoms with Crippen molar-refractivity contribution in [3.05, 3.63) is 81.7 Å². The molecule has 1 heterocycles. The number of carbonyl (C=O) groups is 4. The molecule has 144 valence electrons. The van der Waals surface area contributed by atoms with E-state index in [1.807, 2.05) is 0 Å². The van der Waals surface area contributed by atoms with Crippen LogP contribution in [0.15, 0.2) is 42.5 Å². The number of nitrogens with zero attached hydrogens (tertiary/aromatic N) is 1. The molecule has 0 atom stereocenters. The Morgan fingerprint density at radius 1 is 0.897 bits per heavy atom. The molecule has 7 heteroatoms. The second kappa shape index (κ2) is 6.27. The molecular weight excluding hydrogens is 374 g/mol. The van der Waals surface area contributed by atoms with E-state index in [4.69, 9.17) is 0 Å². The maximum absolute atomic E-state index is 13.2. The van der Waals surface area contributed by atoms with Crippen LogP contribution in [0.1, 0.15) is 65.3 Å². The summed E-state index contributed by atoms with van der Waals surface area (Å²) >= 11 is 0. The average molecular weight is 389 g/mol. The van der Waals surface area contributed by atoms with Crippen LogP contribution in [-0.2, 0) is 0 Å². The van der Waals surface area contributed by atoms with Crippen LogP contribution in [-0.4, -0.2) is 38.1 Å². The predicted molar refractivity (Wildman–Crippen MR) is 102 cm³/mol. The molecule has 0 spiro atoms. The first-order valence-electron chi connectivity index (χ1n) is 8.76. The topological polar surface area (TPSA) is 114 Å². The monoisotopic (exact) mass is 389 g/mol. The second-order valence-electron chi connectivity index (χ2n) is 6.76. The molecule has 0 radical (unpaired) electrons. The number of benzene rings is 2. The number of hydrogen-bond donors (Lipinski definition) is 2. The van der Waals surface area contributed by atoms with Crippen molar-refractivity contribution in [1.29, 1.82) is 0 Å². The number of hydrogen-bond acceptors (Lipinski definition) is 5. The predicted octanol–water partition coefficient (Wildman–Crippen LogP) is 3.17. The van der Waals surface area contributed by atoms with Crippen molar-refractivity contribution >= 4 is 23.3 Å². The summed E-state index contributed by atoms with van der Waals surface area (Å²) in [6, 6.07) is 10.2. The number of Topliss-reactive ketones (excluding diaryl/α,β-unsaturated/α-hetero) is 1. The first-order valence-corrected chi connectivity index (χ1v) is 8.76. The van der Waals surface area contributed by atoms with Gasteiger partial charge in [-0.2, -0.15) is 0 Å². The summed E-state index contributed by atoms with van der Waals surface area (Å²) < 4.78 is 1.34. The molecule has 2 aromatic carbocycles. The third-order valence-corrected chi connectivity index (χ3v) is 5.08. The van der Waals surface area contributed by atoms with Gasteiger partial charge in [-0.1, -0.05) is 24.3 Å². The highest BCUT2D eigenvalue weighted by Gasteiger charge is 2.40. The van der Waals surface area contributed by atoms with Crippen molar-refractivity contribution < 1.29 is 29.4 Å². The molecule has 1 aliphatic rings. The number of aromatic carboxylic acids is 1. The van der Waals surface area contributed by atoms with Gasteiger partial charge in [0, 0.05) is 18.2 Å².